The van der Waals surface area contributed by atoms with Crippen molar-refractivity contribution in [2.24, 2.45) is 0 Å². The Morgan fingerprint density at radius 2 is 1.79 bits per heavy atom. The van der Waals surface area contributed by atoms with Gasteiger partial charge in [0.2, 0.25) is 0 Å². The molecular weight excluding hydrogens is 455 g/mol. The Morgan fingerprint density at radius 1 is 1.06 bits per heavy atom. The molecule has 4 aromatic rings. The lowest BCUT2D eigenvalue weighted by molar-refractivity contribution is -0.141. The third-order valence-electron chi connectivity index (χ3n) is 5.62. The summed E-state index contributed by atoms with van der Waals surface area (Å²) in [7, 11) is -3.73. The van der Waals surface area contributed by atoms with Crippen molar-refractivity contribution >= 4 is 21.0 Å². The molecule has 1 saturated carbocycles. The molecular formula is C22H18F3N5O2S. The number of fused-ring (bicyclic) bond motifs is 1. The van der Waals surface area contributed by atoms with E-state index in [4.69, 9.17) is 0 Å². The fraction of sp³-hybridized carbons (Fsp3) is 0.273. The summed E-state index contributed by atoms with van der Waals surface area (Å²) in [6.07, 6.45) is -0.782. The molecule has 7 nitrogen and oxygen atoms in total. The van der Waals surface area contributed by atoms with Gasteiger partial charge in [0.25, 0.3) is 0 Å². The van der Waals surface area contributed by atoms with Crippen molar-refractivity contribution in [1.29, 1.82) is 0 Å². The minimum absolute atomic E-state index is 0.00119. The zero-order valence-electron chi connectivity index (χ0n) is 17.4. The topological polar surface area (TPSA) is 101 Å². The summed E-state index contributed by atoms with van der Waals surface area (Å²) < 4.78 is 64.6. The maximum Gasteiger partial charge on any atom is 0.435 e. The first-order valence-electron chi connectivity index (χ1n) is 10.3. The van der Waals surface area contributed by atoms with Gasteiger partial charge in [-0.3, -0.25) is 4.98 Å². The molecule has 1 fully saturated rings. The summed E-state index contributed by atoms with van der Waals surface area (Å²) in [5, 5.41) is 6.66. The molecule has 33 heavy (non-hydrogen) atoms. The van der Waals surface area contributed by atoms with Crippen LogP contribution in [0.5, 0.6) is 0 Å². The number of imidazole rings is 1. The Morgan fingerprint density at radius 3 is 2.42 bits per heavy atom. The summed E-state index contributed by atoms with van der Waals surface area (Å²) >= 11 is 0. The van der Waals surface area contributed by atoms with Crippen molar-refractivity contribution in [2.45, 2.75) is 36.8 Å². The van der Waals surface area contributed by atoms with E-state index in [1.165, 1.54) is 37.6 Å². The largest absolute Gasteiger partial charge is 0.435 e. The standard InChI is InChI=1S/C22H18F3N5O2S/c1-2-33(31,32)17-9-15(14-7-5-13(6-8-14)12-3-4-12)11-26-19(17)21-27-16-10-18(22(23,24)25)29-30-20(16)28-21/h5-12H,2-4H2,1H3,(H,27,28,30). The summed E-state index contributed by atoms with van der Waals surface area (Å²) in [6.45, 7) is 1.51. The number of alkyl halides is 3. The molecule has 0 atom stereocenters. The van der Waals surface area contributed by atoms with E-state index in [-0.39, 0.29) is 33.3 Å². The summed E-state index contributed by atoms with van der Waals surface area (Å²) in [4.78, 5) is 11.1. The molecule has 3 aromatic heterocycles. The van der Waals surface area contributed by atoms with Crippen LogP contribution in [0.2, 0.25) is 0 Å². The van der Waals surface area contributed by atoms with Crippen molar-refractivity contribution in [1.82, 2.24) is 25.1 Å². The molecule has 0 radical (unpaired) electrons. The minimum Gasteiger partial charge on any atom is -0.335 e. The second kappa shape index (κ2) is 7.62. The van der Waals surface area contributed by atoms with Crippen molar-refractivity contribution in [3.8, 4) is 22.6 Å². The highest BCUT2D eigenvalue weighted by Crippen LogP contribution is 2.40. The average Bonchev–Trinajstić information content (AvgIpc) is 3.56. The van der Waals surface area contributed by atoms with Crippen LogP contribution in [0.4, 0.5) is 13.2 Å². The van der Waals surface area contributed by atoms with Crippen molar-refractivity contribution in [2.75, 3.05) is 5.75 Å². The highest BCUT2D eigenvalue weighted by atomic mass is 32.2. The zero-order valence-corrected chi connectivity index (χ0v) is 18.2. The van der Waals surface area contributed by atoms with Gasteiger partial charge in [0.05, 0.1) is 16.2 Å². The van der Waals surface area contributed by atoms with E-state index in [1.54, 1.807) is 0 Å². The van der Waals surface area contributed by atoms with E-state index in [0.717, 1.165) is 11.6 Å². The van der Waals surface area contributed by atoms with Crippen LogP contribution in [-0.4, -0.2) is 39.3 Å². The van der Waals surface area contributed by atoms with E-state index in [9.17, 15) is 21.6 Å². The van der Waals surface area contributed by atoms with Crippen LogP contribution in [0.1, 0.15) is 36.9 Å². The summed E-state index contributed by atoms with van der Waals surface area (Å²) in [6, 6.07) is 10.2. The van der Waals surface area contributed by atoms with Gasteiger partial charge < -0.3 is 4.98 Å². The van der Waals surface area contributed by atoms with Crippen LogP contribution < -0.4 is 0 Å². The average molecular weight is 473 g/mol. The normalized spacial score (nSPS) is 14.7. The molecule has 0 aliphatic heterocycles. The van der Waals surface area contributed by atoms with Crippen LogP contribution >= 0.6 is 0 Å². The summed E-state index contributed by atoms with van der Waals surface area (Å²) in [5.41, 5.74) is 1.44. The maximum absolute atomic E-state index is 13.0. The van der Waals surface area contributed by atoms with Crippen LogP contribution in [0.25, 0.3) is 33.8 Å². The van der Waals surface area contributed by atoms with E-state index in [0.29, 0.717) is 11.5 Å². The Balaban J connectivity index is 1.61. The predicted molar refractivity (Wildman–Crippen MR) is 115 cm³/mol. The first-order chi connectivity index (χ1) is 15.7. The third kappa shape index (κ3) is 4.08. The van der Waals surface area contributed by atoms with Crippen LogP contribution in [-0.2, 0) is 16.0 Å². The zero-order chi connectivity index (χ0) is 23.4. The van der Waals surface area contributed by atoms with E-state index >= 15 is 0 Å². The van der Waals surface area contributed by atoms with Gasteiger partial charge >= 0.3 is 6.18 Å². The number of pyridine rings is 1. The second-order valence-corrected chi connectivity index (χ2v) is 10.2. The molecule has 5 rings (SSSR count). The molecule has 170 valence electrons. The highest BCUT2D eigenvalue weighted by molar-refractivity contribution is 7.91. The second-order valence-electron chi connectivity index (χ2n) is 7.92. The number of hydrogen-bond donors (Lipinski definition) is 1. The van der Waals surface area contributed by atoms with E-state index < -0.39 is 21.7 Å². The van der Waals surface area contributed by atoms with Gasteiger partial charge in [0.1, 0.15) is 5.69 Å². The van der Waals surface area contributed by atoms with Gasteiger partial charge in [-0.05, 0) is 42.0 Å². The molecule has 0 saturated heterocycles. The molecule has 1 aliphatic rings. The lowest BCUT2D eigenvalue weighted by Crippen LogP contribution is -2.08. The molecule has 0 bridgehead atoms. The van der Waals surface area contributed by atoms with Crippen molar-refractivity contribution in [3.63, 3.8) is 0 Å². The number of aromatic nitrogens is 5. The van der Waals surface area contributed by atoms with Gasteiger partial charge in [-0.2, -0.15) is 13.2 Å². The van der Waals surface area contributed by atoms with Gasteiger partial charge in [-0.15, -0.1) is 10.2 Å². The maximum atomic E-state index is 13.0. The Labute approximate surface area is 187 Å². The molecule has 1 N–H and O–H groups in total. The quantitative estimate of drug-likeness (QED) is 0.448. The number of rotatable bonds is 5. The highest BCUT2D eigenvalue weighted by Gasteiger charge is 2.34. The first kappa shape index (κ1) is 21.5. The molecule has 1 aliphatic carbocycles. The third-order valence-corrected chi connectivity index (χ3v) is 7.36. The molecule has 1 aromatic carbocycles. The number of hydrogen-bond acceptors (Lipinski definition) is 6. The fourth-order valence-electron chi connectivity index (χ4n) is 3.61. The molecule has 3 heterocycles. The summed E-state index contributed by atoms with van der Waals surface area (Å²) in [5.74, 6) is 0.426. The number of nitrogens with zero attached hydrogens (tertiary/aromatic N) is 4. The monoisotopic (exact) mass is 473 g/mol. The van der Waals surface area contributed by atoms with Crippen LogP contribution in [0.3, 0.4) is 0 Å². The number of aromatic amines is 1. The van der Waals surface area contributed by atoms with Crippen molar-refractivity contribution < 1.29 is 21.6 Å². The molecule has 0 amide bonds. The van der Waals surface area contributed by atoms with Gasteiger partial charge in [-0.25, -0.2) is 13.4 Å². The van der Waals surface area contributed by atoms with Crippen molar-refractivity contribution in [3.05, 3.63) is 53.9 Å². The Hall–Kier alpha value is -3.34. The van der Waals surface area contributed by atoms with Crippen LogP contribution in [0, 0.1) is 0 Å². The lowest BCUT2D eigenvalue weighted by atomic mass is 10.0. The molecule has 0 spiro atoms. The number of benzene rings is 1. The minimum atomic E-state index is -4.67. The number of nitrogens with one attached hydrogen (secondary N) is 1. The van der Waals surface area contributed by atoms with Gasteiger partial charge in [0, 0.05) is 11.8 Å². The Kier molecular flexibility index (Phi) is 4.96. The lowest BCUT2D eigenvalue weighted by Gasteiger charge is -2.10. The Bertz CT molecular complexity index is 1460. The SMILES string of the molecule is CCS(=O)(=O)c1cc(-c2ccc(C3CC3)cc2)cnc1-c1nc2nnc(C(F)(F)F)cc2[nH]1. The van der Waals surface area contributed by atoms with E-state index in [1.807, 2.05) is 24.3 Å². The number of H-pyrrole nitrogens is 1. The predicted octanol–water partition coefficient (Wildman–Crippen LogP) is 4.77. The molecule has 0 unspecified atom stereocenters. The number of halogens is 3. The fourth-order valence-corrected chi connectivity index (χ4v) is 4.67. The smallest absolute Gasteiger partial charge is 0.335 e. The first-order valence-corrected chi connectivity index (χ1v) is 11.9. The number of sulfone groups is 1. The van der Waals surface area contributed by atoms with E-state index in [2.05, 4.69) is 25.1 Å². The van der Waals surface area contributed by atoms with Gasteiger partial charge in [0.15, 0.2) is 27.0 Å². The van der Waals surface area contributed by atoms with Gasteiger partial charge in [-0.1, -0.05) is 31.2 Å². The van der Waals surface area contributed by atoms with Crippen LogP contribution in [0.15, 0.2) is 47.5 Å². The molecule has 11 heteroatoms.